The van der Waals surface area contributed by atoms with Gasteiger partial charge in [0.25, 0.3) is 0 Å². The van der Waals surface area contributed by atoms with Crippen molar-refractivity contribution in [3.63, 3.8) is 0 Å². The molecule has 0 aliphatic carbocycles. The van der Waals surface area contributed by atoms with Crippen molar-refractivity contribution in [3.05, 3.63) is 36.0 Å². The number of rotatable bonds is 6. The van der Waals surface area contributed by atoms with Crippen LogP contribution in [0.15, 0.2) is 30.5 Å². The topological polar surface area (TPSA) is 45.0 Å². The lowest BCUT2D eigenvalue weighted by Gasteiger charge is -2.17. The molecule has 0 saturated heterocycles. The normalized spacial score (nSPS) is 13.3. The van der Waals surface area contributed by atoms with Crippen molar-refractivity contribution < 1.29 is 0 Å². The first-order valence-corrected chi connectivity index (χ1v) is 6.66. The number of benzene rings is 1. The van der Waals surface area contributed by atoms with Gasteiger partial charge >= 0.3 is 0 Å². The van der Waals surface area contributed by atoms with Crippen LogP contribution in [0.2, 0.25) is 0 Å². The summed E-state index contributed by atoms with van der Waals surface area (Å²) >= 11 is 0. The van der Waals surface area contributed by atoms with E-state index in [1.54, 1.807) is 0 Å². The monoisotopic (exact) mass is 245 g/mol. The Morgan fingerprint density at radius 1 is 1.28 bits per heavy atom. The Hall–Kier alpha value is -1.32. The number of fused-ring (bicyclic) bond motifs is 1. The molecule has 3 N–H and O–H groups in total. The van der Waals surface area contributed by atoms with Crippen LogP contribution in [-0.2, 0) is 6.42 Å². The molecule has 0 aliphatic rings. The van der Waals surface area contributed by atoms with Crippen LogP contribution in [0.3, 0.4) is 0 Å². The van der Waals surface area contributed by atoms with E-state index < -0.39 is 0 Å². The molecule has 1 aromatic carbocycles. The third kappa shape index (κ3) is 3.34. The fourth-order valence-electron chi connectivity index (χ4n) is 2.19. The highest BCUT2D eigenvalue weighted by atomic mass is 15.1. The van der Waals surface area contributed by atoms with Gasteiger partial charge in [0, 0.05) is 29.7 Å². The largest absolute Gasteiger partial charge is 0.361 e. The number of hydrogen-bond donors (Lipinski definition) is 2. The Balaban J connectivity index is 1.90. The highest BCUT2D eigenvalue weighted by Crippen LogP contribution is 2.18. The smallest absolute Gasteiger partial charge is 0.0456 e. The summed E-state index contributed by atoms with van der Waals surface area (Å²) in [5.74, 6) is 0. The van der Waals surface area contributed by atoms with E-state index in [4.69, 9.17) is 5.73 Å². The number of H-pyrrole nitrogens is 1. The number of nitrogens with zero attached hydrogens (tertiary/aromatic N) is 1. The van der Waals surface area contributed by atoms with Crippen LogP contribution in [0.5, 0.6) is 0 Å². The summed E-state index contributed by atoms with van der Waals surface area (Å²) in [4.78, 5) is 5.68. The van der Waals surface area contributed by atoms with Crippen LogP contribution in [0.25, 0.3) is 10.9 Å². The maximum atomic E-state index is 5.77. The summed E-state index contributed by atoms with van der Waals surface area (Å²) in [5, 5.41) is 1.35. The molecule has 2 rings (SSSR count). The van der Waals surface area contributed by atoms with Gasteiger partial charge < -0.3 is 15.6 Å². The van der Waals surface area contributed by atoms with E-state index in [9.17, 15) is 0 Å². The minimum atomic E-state index is 0.292. The predicted octanol–water partition coefficient (Wildman–Crippen LogP) is 2.38. The number of likely N-dealkylation sites (N-methyl/N-ethyl adjacent to an activating group) is 1. The Morgan fingerprint density at radius 2 is 2.06 bits per heavy atom. The van der Waals surface area contributed by atoms with E-state index in [0.29, 0.717) is 6.04 Å². The highest BCUT2D eigenvalue weighted by molar-refractivity contribution is 5.83. The van der Waals surface area contributed by atoms with Gasteiger partial charge in [0.2, 0.25) is 0 Å². The lowest BCUT2D eigenvalue weighted by Crippen LogP contribution is -2.27. The number of hydrogen-bond acceptors (Lipinski definition) is 2. The first-order valence-electron chi connectivity index (χ1n) is 6.66. The average Bonchev–Trinajstić information content (AvgIpc) is 2.77. The van der Waals surface area contributed by atoms with Gasteiger partial charge in [0.1, 0.15) is 0 Å². The van der Waals surface area contributed by atoms with Crippen molar-refractivity contribution in [2.24, 2.45) is 5.73 Å². The van der Waals surface area contributed by atoms with E-state index >= 15 is 0 Å². The van der Waals surface area contributed by atoms with Crippen molar-refractivity contribution in [2.45, 2.75) is 25.8 Å². The molecule has 0 spiro atoms. The predicted molar refractivity (Wildman–Crippen MR) is 77.8 cm³/mol. The molecule has 1 heterocycles. The summed E-state index contributed by atoms with van der Waals surface area (Å²) in [6.45, 7) is 4.21. The first-order chi connectivity index (χ1) is 8.66. The summed E-state index contributed by atoms with van der Waals surface area (Å²) in [6.07, 6.45) is 4.27. The third-order valence-corrected chi connectivity index (χ3v) is 3.40. The number of nitrogens with two attached hydrogens (primary N) is 1. The highest BCUT2D eigenvalue weighted by Gasteiger charge is 2.05. The molecule has 0 saturated carbocycles. The maximum Gasteiger partial charge on any atom is 0.0456 e. The number of para-hydroxylation sites is 1. The van der Waals surface area contributed by atoms with Crippen LogP contribution in [-0.4, -0.2) is 36.1 Å². The number of nitrogens with one attached hydrogen (secondary N) is 1. The molecule has 1 aromatic heterocycles. The van der Waals surface area contributed by atoms with Crippen molar-refractivity contribution in [1.29, 1.82) is 0 Å². The van der Waals surface area contributed by atoms with Gasteiger partial charge in [-0.3, -0.25) is 0 Å². The van der Waals surface area contributed by atoms with Gasteiger partial charge in [0.15, 0.2) is 0 Å². The van der Waals surface area contributed by atoms with Gasteiger partial charge in [-0.2, -0.15) is 0 Å². The molecule has 1 atom stereocenters. The molecule has 1 unspecified atom stereocenters. The SMILES string of the molecule is CC(N)CCN(C)CCc1c[nH]c2ccccc12. The fourth-order valence-corrected chi connectivity index (χ4v) is 2.19. The molecule has 0 amide bonds. The quantitative estimate of drug-likeness (QED) is 0.820. The number of aromatic amines is 1. The van der Waals surface area contributed by atoms with Gasteiger partial charge in [-0.25, -0.2) is 0 Å². The molecule has 3 heteroatoms. The standard InChI is InChI=1S/C15H23N3/c1-12(16)7-9-18(2)10-8-13-11-17-15-6-4-3-5-14(13)15/h3-6,11-12,17H,7-10,16H2,1-2H3. The summed E-state index contributed by atoms with van der Waals surface area (Å²) in [5.41, 5.74) is 8.40. The maximum absolute atomic E-state index is 5.77. The van der Waals surface area contributed by atoms with Crippen LogP contribution in [0.4, 0.5) is 0 Å². The molecule has 0 bridgehead atoms. The van der Waals surface area contributed by atoms with E-state index in [0.717, 1.165) is 25.9 Å². The summed E-state index contributed by atoms with van der Waals surface area (Å²) < 4.78 is 0. The minimum Gasteiger partial charge on any atom is -0.361 e. The van der Waals surface area contributed by atoms with Crippen LogP contribution < -0.4 is 5.73 Å². The first kappa shape index (κ1) is 13.1. The lowest BCUT2D eigenvalue weighted by atomic mass is 10.1. The van der Waals surface area contributed by atoms with E-state index in [1.807, 2.05) is 0 Å². The van der Waals surface area contributed by atoms with Crippen molar-refractivity contribution in [3.8, 4) is 0 Å². The molecular weight excluding hydrogens is 222 g/mol. The van der Waals surface area contributed by atoms with Crippen molar-refractivity contribution in [2.75, 3.05) is 20.1 Å². The Labute approximate surface area is 109 Å². The Bertz CT molecular complexity index is 487. The van der Waals surface area contributed by atoms with Crippen LogP contribution in [0.1, 0.15) is 18.9 Å². The molecular formula is C15H23N3. The zero-order chi connectivity index (χ0) is 13.0. The van der Waals surface area contributed by atoms with Crippen molar-refractivity contribution in [1.82, 2.24) is 9.88 Å². The molecule has 0 aliphatic heterocycles. The van der Waals surface area contributed by atoms with Crippen LogP contribution in [0, 0.1) is 0 Å². The zero-order valence-electron chi connectivity index (χ0n) is 11.3. The van der Waals surface area contributed by atoms with E-state index in [2.05, 4.69) is 54.3 Å². The van der Waals surface area contributed by atoms with Gasteiger partial charge in [0.05, 0.1) is 0 Å². The lowest BCUT2D eigenvalue weighted by molar-refractivity contribution is 0.325. The Morgan fingerprint density at radius 3 is 2.83 bits per heavy atom. The molecule has 18 heavy (non-hydrogen) atoms. The van der Waals surface area contributed by atoms with Gasteiger partial charge in [-0.1, -0.05) is 18.2 Å². The Kier molecular flexibility index (Phi) is 4.39. The van der Waals surface area contributed by atoms with E-state index in [1.165, 1.54) is 16.5 Å². The van der Waals surface area contributed by atoms with Gasteiger partial charge in [-0.15, -0.1) is 0 Å². The summed E-state index contributed by atoms with van der Waals surface area (Å²) in [6, 6.07) is 8.76. The molecule has 3 nitrogen and oxygen atoms in total. The van der Waals surface area contributed by atoms with Gasteiger partial charge in [-0.05, 0) is 45.0 Å². The fraction of sp³-hybridized carbons (Fsp3) is 0.467. The molecule has 2 aromatic rings. The number of aromatic nitrogens is 1. The minimum absolute atomic E-state index is 0.292. The summed E-state index contributed by atoms with van der Waals surface area (Å²) in [7, 11) is 2.16. The van der Waals surface area contributed by atoms with Crippen LogP contribution >= 0.6 is 0 Å². The zero-order valence-corrected chi connectivity index (χ0v) is 11.3. The molecule has 0 radical (unpaired) electrons. The average molecular weight is 245 g/mol. The van der Waals surface area contributed by atoms with E-state index in [-0.39, 0.29) is 0 Å². The second-order valence-electron chi connectivity index (χ2n) is 5.18. The third-order valence-electron chi connectivity index (χ3n) is 3.40. The van der Waals surface area contributed by atoms with Crippen molar-refractivity contribution >= 4 is 10.9 Å². The molecule has 98 valence electrons. The molecule has 0 fully saturated rings. The second kappa shape index (κ2) is 6.03. The second-order valence-corrected chi connectivity index (χ2v) is 5.18.